The van der Waals surface area contributed by atoms with Crippen LogP contribution in [0.2, 0.25) is 0 Å². The third kappa shape index (κ3) is 10.3. The molecule has 72 heavy (non-hydrogen) atoms. The molecule has 6 heterocycles. The number of nitrogens with one attached hydrogen (secondary N) is 2. The zero-order chi connectivity index (χ0) is 52.1. The van der Waals surface area contributed by atoms with Gasteiger partial charge >= 0.3 is 5.97 Å². The van der Waals surface area contributed by atoms with Crippen LogP contribution in [0.1, 0.15) is 97.6 Å². The Bertz CT molecular complexity index is 2840. The number of nitrogens with zero attached hydrogens (tertiary/aromatic N) is 6. The number of methoxy groups -OCH3 is 1. The van der Waals surface area contributed by atoms with Crippen molar-refractivity contribution in [2.45, 2.75) is 121 Å². The van der Waals surface area contributed by atoms with Crippen molar-refractivity contribution in [3.05, 3.63) is 77.6 Å². The third-order valence-electron chi connectivity index (χ3n) is 15.3. The highest BCUT2D eigenvalue weighted by atomic mass is 127. The highest BCUT2D eigenvalue weighted by Gasteiger charge is 2.58. The highest BCUT2D eigenvalue weighted by Crippen LogP contribution is 2.44. The van der Waals surface area contributed by atoms with Crippen LogP contribution in [-0.4, -0.2) is 134 Å². The molecule has 3 saturated heterocycles. The summed E-state index contributed by atoms with van der Waals surface area (Å²) in [5.74, 6) is 3.70. The van der Waals surface area contributed by atoms with Crippen molar-refractivity contribution in [2.75, 3.05) is 54.0 Å². The number of esters is 1. The second kappa shape index (κ2) is 20.5. The van der Waals surface area contributed by atoms with Crippen molar-refractivity contribution < 1.29 is 33.4 Å². The molecule has 0 saturated carbocycles. The summed E-state index contributed by atoms with van der Waals surface area (Å²) < 4.78 is 13.2. The number of ether oxygens (including phenoxy) is 2. The van der Waals surface area contributed by atoms with Crippen molar-refractivity contribution in [2.24, 2.45) is 16.7 Å². The minimum atomic E-state index is -1.26. The predicted molar refractivity (Wildman–Crippen MR) is 286 cm³/mol. The van der Waals surface area contributed by atoms with Gasteiger partial charge in [0, 0.05) is 74.3 Å². The number of aromatic nitrogens is 2. The van der Waals surface area contributed by atoms with E-state index in [1.54, 1.807) is 23.1 Å². The molecule has 0 aliphatic carbocycles. The number of aryl methyl sites for hydroxylation is 1. The van der Waals surface area contributed by atoms with E-state index in [0.29, 0.717) is 45.3 Å². The fraction of sp³-hybridized carbons (Fsp3) is 0.536. The number of cyclic esters (lactones) is 1. The molecule has 4 aliphatic rings. The normalized spacial score (nSPS) is 22.1. The van der Waals surface area contributed by atoms with Gasteiger partial charge in [0.2, 0.25) is 11.8 Å². The minimum absolute atomic E-state index is 0.115. The predicted octanol–water partition coefficient (Wildman–Crippen LogP) is 6.94. The zero-order valence-electron chi connectivity index (χ0n) is 43.8. The number of likely N-dealkylation sites (tertiary alicyclic amines) is 2. The molecule has 6 bridgehead atoms. The number of rotatable bonds is 9. The number of carbonyl (C=O) groups excluding carboxylic acids is 5. The quantitative estimate of drug-likeness (QED) is 0.0592. The van der Waals surface area contributed by atoms with Gasteiger partial charge in [-0.3, -0.25) is 34.1 Å². The summed E-state index contributed by atoms with van der Waals surface area (Å²) in [4.78, 5) is 81.6. The van der Waals surface area contributed by atoms with E-state index in [1.165, 1.54) is 5.01 Å². The second-order valence-electron chi connectivity index (χ2n) is 22.1. The Hall–Kier alpha value is -5.35. The first-order chi connectivity index (χ1) is 34.0. The number of alkyl halides is 1. The van der Waals surface area contributed by atoms with E-state index in [1.807, 2.05) is 71.8 Å². The van der Waals surface area contributed by atoms with Crippen LogP contribution in [-0.2, 0) is 52.8 Å². The van der Waals surface area contributed by atoms with Gasteiger partial charge in [0.05, 0.1) is 35.1 Å². The molecule has 4 amide bonds. The van der Waals surface area contributed by atoms with Crippen LogP contribution in [0, 0.1) is 28.6 Å². The van der Waals surface area contributed by atoms with Crippen LogP contribution in [0.4, 0.5) is 0 Å². The number of pyridine rings is 1. The van der Waals surface area contributed by atoms with Gasteiger partial charge in [-0.2, -0.15) is 0 Å². The zero-order valence-corrected chi connectivity index (χ0v) is 45.9. The molecule has 1 spiro atoms. The summed E-state index contributed by atoms with van der Waals surface area (Å²) in [5, 5.41) is 5.65. The van der Waals surface area contributed by atoms with Crippen LogP contribution < -0.4 is 10.7 Å². The maximum Gasteiger partial charge on any atom is 0.338 e. The molecule has 16 heteroatoms. The summed E-state index contributed by atoms with van der Waals surface area (Å²) in [5.41, 5.74) is 9.21. The summed E-state index contributed by atoms with van der Waals surface area (Å²) >= 11 is 2.07. The Labute approximate surface area is 438 Å². The monoisotopic (exact) mass is 1090 g/mol. The Kier molecular flexibility index (Phi) is 15.1. The largest absolute Gasteiger partial charge is 0.463 e. The summed E-state index contributed by atoms with van der Waals surface area (Å²) in [7, 11) is 5.50. The van der Waals surface area contributed by atoms with E-state index in [2.05, 4.69) is 107 Å². The Morgan fingerprint density at radius 2 is 1.76 bits per heavy atom. The van der Waals surface area contributed by atoms with Crippen LogP contribution >= 0.6 is 22.6 Å². The third-order valence-corrected chi connectivity index (χ3v) is 16.6. The Morgan fingerprint density at radius 3 is 2.46 bits per heavy atom. The van der Waals surface area contributed by atoms with E-state index in [4.69, 9.17) is 14.5 Å². The van der Waals surface area contributed by atoms with Crippen molar-refractivity contribution in [1.29, 1.82) is 0 Å². The summed E-state index contributed by atoms with van der Waals surface area (Å²) in [6, 6.07) is 16.7. The van der Waals surface area contributed by atoms with Crippen molar-refractivity contribution in [3.63, 3.8) is 0 Å². The molecule has 15 nitrogen and oxygen atoms in total. The maximum atomic E-state index is 15.0. The molecule has 4 atom stereocenters. The van der Waals surface area contributed by atoms with Gasteiger partial charge in [0.1, 0.15) is 12.1 Å². The molecule has 2 aromatic carbocycles. The maximum absolute atomic E-state index is 15.0. The minimum Gasteiger partial charge on any atom is -0.463 e. The summed E-state index contributed by atoms with van der Waals surface area (Å²) in [6.45, 7) is 18.0. The van der Waals surface area contributed by atoms with Gasteiger partial charge < -0.3 is 29.2 Å². The number of hydrazine groups is 1. The molecule has 8 rings (SSSR count). The molecular weight excluding hydrogens is 1020 g/mol. The highest BCUT2D eigenvalue weighted by molar-refractivity contribution is 14.1. The molecule has 2 aromatic heterocycles. The van der Waals surface area contributed by atoms with Crippen LogP contribution in [0.5, 0.6) is 0 Å². The first-order valence-electron chi connectivity index (χ1n) is 25.3. The number of carbonyl (C=O) groups is 5. The molecule has 4 aliphatic heterocycles. The molecule has 0 radical (unpaired) electrons. The lowest BCUT2D eigenvalue weighted by atomic mass is 9.78. The number of hydrogen-bond acceptors (Lipinski definition) is 10. The van der Waals surface area contributed by atoms with E-state index in [9.17, 15) is 24.0 Å². The number of hydrogen-bond donors (Lipinski definition) is 2. The van der Waals surface area contributed by atoms with Crippen LogP contribution in [0.25, 0.3) is 33.3 Å². The first kappa shape index (κ1) is 53.0. The van der Waals surface area contributed by atoms with Gasteiger partial charge in [-0.05, 0) is 148 Å². The van der Waals surface area contributed by atoms with Crippen molar-refractivity contribution in [1.82, 2.24) is 40.0 Å². The molecule has 0 unspecified atom stereocenters. The van der Waals surface area contributed by atoms with Crippen molar-refractivity contribution >= 4 is 63.1 Å². The average Bonchev–Trinajstić information content (AvgIpc) is 3.83. The molecular formula is C56H71IN8O7. The summed E-state index contributed by atoms with van der Waals surface area (Å²) in [6.07, 6.45) is 3.69. The van der Waals surface area contributed by atoms with Gasteiger partial charge in [0.25, 0.3) is 11.8 Å². The Morgan fingerprint density at radius 1 is 1.03 bits per heavy atom. The Balaban J connectivity index is 1.14. The lowest BCUT2D eigenvalue weighted by Crippen LogP contribution is -2.65. The first-order valence-corrected chi connectivity index (χ1v) is 26.4. The van der Waals surface area contributed by atoms with Gasteiger partial charge in [-0.25, -0.2) is 10.2 Å². The van der Waals surface area contributed by atoms with E-state index in [-0.39, 0.29) is 50.0 Å². The number of fused-ring (bicyclic) bond motifs is 6. The SMILES string of the molecule is CCn1c(-c2cccnc2[C@H](C)OC)c2c3cc(ccc31)-c1cccc(c1)C[C@H](NC(=O)[C@H](C(C)C)N1CCC3(CN(C(=O)C#CC(C)(C)N(C)C)C3)C1=O)C(=O)N1CCC[C@@](I)(N1)C(=O)OCC(C)(C)C2. The lowest BCUT2D eigenvalue weighted by molar-refractivity contribution is -0.156. The second-order valence-corrected chi connectivity index (χ2v) is 23.9. The average molecular weight is 1100 g/mol. The molecule has 384 valence electrons. The molecule has 2 N–H and O–H groups in total. The van der Waals surface area contributed by atoms with E-state index >= 15 is 0 Å². The van der Waals surface area contributed by atoms with Crippen LogP contribution in [0.3, 0.4) is 0 Å². The standard InChI is InChI=1S/C56H71IN8O7/c1-12-63-44-20-19-39-30-41(44)42(48(63)40-18-14-25-58-46(40)36(4)71-11)31-53(5,6)34-72-52(70)56(57)22-15-26-65(60-56)50(68)43(29-37-16-13-17-38(39)28-37)59-49(67)47(35(2)3)64-27-24-55(51(64)69)32-62(33-55)45(66)21-23-54(7,8)61(9)10/h13-14,16-20,25,28,30,35-36,43,47,60H,12,15,22,24,26-27,29,31-34H2,1-11H3,(H,59,67)/t36-,43-,47-,56+/m0/s1. The molecule has 4 aromatic rings. The number of halogens is 1. The smallest absolute Gasteiger partial charge is 0.338 e. The van der Waals surface area contributed by atoms with Crippen molar-refractivity contribution in [3.8, 4) is 34.2 Å². The topological polar surface area (TPSA) is 159 Å². The fourth-order valence-electron chi connectivity index (χ4n) is 10.7. The fourth-order valence-corrected chi connectivity index (χ4v) is 11.5. The van der Waals surface area contributed by atoms with Gasteiger partial charge in [0.15, 0.2) is 3.55 Å². The van der Waals surface area contributed by atoms with Gasteiger partial charge in [-0.1, -0.05) is 63.9 Å². The van der Waals surface area contributed by atoms with E-state index in [0.717, 1.165) is 50.1 Å². The number of benzene rings is 2. The van der Waals surface area contributed by atoms with Crippen LogP contribution in [0.15, 0.2) is 60.8 Å². The number of amides is 4. The van der Waals surface area contributed by atoms with E-state index < -0.39 is 49.8 Å². The van der Waals surface area contributed by atoms with Gasteiger partial charge in [-0.15, -0.1) is 0 Å². The molecule has 3 fully saturated rings. The lowest BCUT2D eigenvalue weighted by Gasteiger charge is -2.46.